The van der Waals surface area contributed by atoms with Crippen molar-refractivity contribution in [3.05, 3.63) is 0 Å². The molecule has 0 fully saturated rings. The van der Waals surface area contributed by atoms with Crippen molar-refractivity contribution in [2.75, 3.05) is 85.1 Å². The van der Waals surface area contributed by atoms with Crippen LogP contribution in [0.3, 0.4) is 0 Å². The predicted octanol–water partition coefficient (Wildman–Crippen LogP) is -0.439. The van der Waals surface area contributed by atoms with Crippen LogP contribution in [0.2, 0.25) is 0 Å². The summed E-state index contributed by atoms with van der Waals surface area (Å²) in [4.78, 5) is 27.0. The van der Waals surface area contributed by atoms with Gasteiger partial charge >= 0.3 is 0 Å². The molecule has 3 aliphatic heterocycles. The van der Waals surface area contributed by atoms with Crippen molar-refractivity contribution in [1.29, 1.82) is 0 Å². The first-order chi connectivity index (χ1) is 12.9. The van der Waals surface area contributed by atoms with Crippen LogP contribution in [-0.2, 0) is 0 Å². The van der Waals surface area contributed by atoms with Gasteiger partial charge in [-0.05, 0) is 0 Å². The molecule has 2 bridgehead atoms. The molecule has 144 valence electrons. The summed E-state index contributed by atoms with van der Waals surface area (Å²) in [5.41, 5.74) is 0. The molecule has 3 rings (SSSR count). The SMILES string of the molecule is C1=N/CCN2CC/N=C/C=N/CCN(CC/N=C/1)CCNC/C=N/CC2. The van der Waals surface area contributed by atoms with Crippen molar-refractivity contribution >= 4 is 31.1 Å². The van der Waals surface area contributed by atoms with E-state index in [4.69, 9.17) is 0 Å². The molecule has 0 saturated carbocycles. The highest BCUT2D eigenvalue weighted by atomic mass is 15.2. The quantitative estimate of drug-likeness (QED) is 0.636. The molecule has 0 amide bonds. The van der Waals surface area contributed by atoms with Gasteiger partial charge in [0.05, 0.1) is 32.7 Å². The Morgan fingerprint density at radius 2 is 0.962 bits per heavy atom. The first-order valence-corrected chi connectivity index (χ1v) is 9.55. The highest BCUT2D eigenvalue weighted by Gasteiger charge is 2.04. The summed E-state index contributed by atoms with van der Waals surface area (Å²) in [5.74, 6) is 0. The molecule has 0 aromatic carbocycles. The lowest BCUT2D eigenvalue weighted by atomic mass is 10.4. The fourth-order valence-corrected chi connectivity index (χ4v) is 2.71. The minimum absolute atomic E-state index is 0.772. The van der Waals surface area contributed by atoms with Gasteiger partial charge in [-0.25, -0.2) is 0 Å². The molecule has 8 nitrogen and oxygen atoms in total. The molecule has 0 aromatic heterocycles. The number of nitrogens with one attached hydrogen (secondary N) is 1. The number of fused-ring (bicyclic) bond motifs is 16. The van der Waals surface area contributed by atoms with E-state index in [0.29, 0.717) is 0 Å². The van der Waals surface area contributed by atoms with Gasteiger partial charge in [0.2, 0.25) is 0 Å². The molecule has 26 heavy (non-hydrogen) atoms. The molecule has 1 N–H and O–H groups in total. The van der Waals surface area contributed by atoms with Gasteiger partial charge in [0.15, 0.2) is 0 Å². The zero-order valence-corrected chi connectivity index (χ0v) is 15.7. The molecule has 8 heteroatoms. The Kier molecular flexibility index (Phi) is 11.4. The van der Waals surface area contributed by atoms with Gasteiger partial charge in [0.1, 0.15) is 0 Å². The summed E-state index contributed by atoms with van der Waals surface area (Å²) in [5, 5.41) is 3.43. The smallest absolute Gasteiger partial charge is 0.0517 e. The highest BCUT2D eigenvalue weighted by molar-refractivity contribution is 6.16. The van der Waals surface area contributed by atoms with Crippen molar-refractivity contribution in [2.24, 2.45) is 25.0 Å². The summed E-state index contributed by atoms with van der Waals surface area (Å²) in [6.45, 7) is 11.3. The lowest BCUT2D eigenvalue weighted by molar-refractivity contribution is 0.290. The van der Waals surface area contributed by atoms with Crippen molar-refractivity contribution in [3.8, 4) is 0 Å². The van der Waals surface area contributed by atoms with Gasteiger partial charge in [-0.15, -0.1) is 0 Å². The summed E-state index contributed by atoms with van der Waals surface area (Å²) < 4.78 is 0. The standard InChI is InChI=1S/C18H32N8/c1-2-20-8-14-26-17-11-23-5-3-21-9-15-25(13-7-19-1)16-10-22-4-6-24-12-18-26/h1-5,24H,6-18H2/b19-1+,20-2+,21-3+,22-4+,23-5+. The molecular weight excluding hydrogens is 328 g/mol. The summed E-state index contributed by atoms with van der Waals surface area (Å²) in [7, 11) is 0. The van der Waals surface area contributed by atoms with E-state index in [9.17, 15) is 0 Å². The Labute approximate surface area is 156 Å². The first-order valence-electron chi connectivity index (χ1n) is 9.55. The average molecular weight is 361 g/mol. The van der Waals surface area contributed by atoms with Gasteiger partial charge in [-0.3, -0.25) is 34.8 Å². The number of aliphatic imine (C=N–C) groups is 5. The van der Waals surface area contributed by atoms with E-state index in [0.717, 1.165) is 85.1 Å². The van der Waals surface area contributed by atoms with Crippen molar-refractivity contribution in [2.45, 2.75) is 0 Å². The number of nitrogens with zero attached hydrogens (tertiary/aromatic N) is 7. The zero-order valence-electron chi connectivity index (χ0n) is 15.7. The van der Waals surface area contributed by atoms with E-state index in [2.05, 4.69) is 40.1 Å². The van der Waals surface area contributed by atoms with Crippen LogP contribution < -0.4 is 5.32 Å². The van der Waals surface area contributed by atoms with Gasteiger partial charge in [0, 0.05) is 83.4 Å². The minimum atomic E-state index is 0.772. The number of hydrogen-bond acceptors (Lipinski definition) is 8. The Morgan fingerprint density at radius 1 is 0.538 bits per heavy atom. The molecule has 0 unspecified atom stereocenters. The van der Waals surface area contributed by atoms with Crippen molar-refractivity contribution in [1.82, 2.24) is 15.1 Å². The Morgan fingerprint density at radius 3 is 1.46 bits per heavy atom. The van der Waals surface area contributed by atoms with E-state index in [1.165, 1.54) is 0 Å². The Balaban J connectivity index is 2.05. The fraction of sp³-hybridized carbons (Fsp3) is 0.722. The molecule has 0 aliphatic carbocycles. The van der Waals surface area contributed by atoms with E-state index < -0.39 is 0 Å². The monoisotopic (exact) mass is 360 g/mol. The molecular formula is C18H32N8. The van der Waals surface area contributed by atoms with E-state index in [1.54, 1.807) is 0 Å². The second kappa shape index (κ2) is 14.4. The van der Waals surface area contributed by atoms with Crippen molar-refractivity contribution in [3.63, 3.8) is 0 Å². The van der Waals surface area contributed by atoms with E-state index in [1.807, 2.05) is 31.1 Å². The second-order valence-corrected chi connectivity index (χ2v) is 6.20. The highest BCUT2D eigenvalue weighted by Crippen LogP contribution is 1.91. The maximum absolute atomic E-state index is 4.52. The normalized spacial score (nSPS) is 33.5. The topological polar surface area (TPSA) is 80.3 Å². The van der Waals surface area contributed by atoms with Crippen LogP contribution >= 0.6 is 0 Å². The summed E-state index contributed by atoms with van der Waals surface area (Å²) in [6.07, 6.45) is 9.26. The van der Waals surface area contributed by atoms with E-state index >= 15 is 0 Å². The molecule has 3 heterocycles. The van der Waals surface area contributed by atoms with Gasteiger partial charge in [0.25, 0.3) is 0 Å². The maximum Gasteiger partial charge on any atom is 0.0517 e. The molecule has 0 radical (unpaired) electrons. The molecule has 3 aliphatic rings. The number of hydrogen-bond donors (Lipinski definition) is 1. The number of rotatable bonds is 0. The lowest BCUT2D eigenvalue weighted by Crippen LogP contribution is -2.36. The van der Waals surface area contributed by atoms with Crippen molar-refractivity contribution < 1.29 is 0 Å². The Bertz CT molecular complexity index is 465. The first kappa shape index (κ1) is 20.5. The van der Waals surface area contributed by atoms with Crippen LogP contribution in [0.1, 0.15) is 0 Å². The molecule has 0 atom stereocenters. The predicted molar refractivity (Wildman–Crippen MR) is 113 cm³/mol. The molecule has 0 saturated heterocycles. The zero-order chi connectivity index (χ0) is 18.1. The third-order valence-electron chi connectivity index (χ3n) is 4.25. The molecule has 0 spiro atoms. The average Bonchev–Trinajstić information content (AvgIpc) is 2.65. The maximum atomic E-state index is 4.52. The largest absolute Gasteiger partial charge is 0.310 e. The third kappa shape index (κ3) is 10.3. The second-order valence-electron chi connectivity index (χ2n) is 6.20. The van der Waals surface area contributed by atoms with Gasteiger partial charge < -0.3 is 5.32 Å². The van der Waals surface area contributed by atoms with Crippen LogP contribution in [0.5, 0.6) is 0 Å². The fourth-order valence-electron chi connectivity index (χ4n) is 2.71. The molecule has 0 aromatic rings. The van der Waals surface area contributed by atoms with E-state index in [-0.39, 0.29) is 0 Å². The Hall–Kier alpha value is -1.77. The summed E-state index contributed by atoms with van der Waals surface area (Å²) in [6, 6.07) is 0. The summed E-state index contributed by atoms with van der Waals surface area (Å²) >= 11 is 0. The third-order valence-corrected chi connectivity index (χ3v) is 4.25. The van der Waals surface area contributed by atoms with Crippen LogP contribution in [0.4, 0.5) is 0 Å². The van der Waals surface area contributed by atoms with Crippen LogP contribution in [-0.4, -0.2) is 126 Å². The van der Waals surface area contributed by atoms with Crippen LogP contribution in [0.15, 0.2) is 25.0 Å². The minimum Gasteiger partial charge on any atom is -0.310 e. The van der Waals surface area contributed by atoms with Gasteiger partial charge in [-0.2, -0.15) is 0 Å². The van der Waals surface area contributed by atoms with Crippen LogP contribution in [0, 0.1) is 0 Å². The van der Waals surface area contributed by atoms with Gasteiger partial charge in [-0.1, -0.05) is 0 Å². The van der Waals surface area contributed by atoms with Crippen LogP contribution in [0.25, 0.3) is 0 Å². The lowest BCUT2D eigenvalue weighted by Gasteiger charge is -2.21.